The number of nitrogens with zero attached hydrogens (tertiary/aromatic N) is 4. The Kier molecular flexibility index (Phi) is 3.46. The fourth-order valence-electron chi connectivity index (χ4n) is 1.95. The molecule has 0 aliphatic carbocycles. The van der Waals surface area contributed by atoms with Crippen LogP contribution in [0.1, 0.15) is 26.7 Å². The summed E-state index contributed by atoms with van der Waals surface area (Å²) in [7, 11) is 0. The molecule has 0 aromatic carbocycles. The molecule has 0 saturated heterocycles. The van der Waals surface area contributed by atoms with Crippen LogP contribution in [-0.2, 0) is 13.1 Å². The van der Waals surface area contributed by atoms with Crippen LogP contribution in [0.4, 0.5) is 5.82 Å². The number of hydrogen-bond donors (Lipinski definition) is 1. The summed E-state index contributed by atoms with van der Waals surface area (Å²) in [5.74, 6) is 0.727. The number of nitrogens with two attached hydrogens (primary N) is 1. The Labute approximate surface area is 101 Å². The van der Waals surface area contributed by atoms with Crippen molar-refractivity contribution >= 4 is 5.82 Å². The Morgan fingerprint density at radius 2 is 1.82 bits per heavy atom. The van der Waals surface area contributed by atoms with Gasteiger partial charge in [0.1, 0.15) is 11.5 Å². The Balaban J connectivity index is 2.35. The highest BCUT2D eigenvalue weighted by atomic mass is 15.1. The molecule has 0 amide bonds. The summed E-state index contributed by atoms with van der Waals surface area (Å²) in [6.45, 7) is 6.11. The van der Waals surface area contributed by atoms with Crippen LogP contribution < -0.4 is 5.73 Å². The fourth-order valence-corrected chi connectivity index (χ4v) is 1.95. The minimum Gasteiger partial charge on any atom is -0.383 e. The van der Waals surface area contributed by atoms with Gasteiger partial charge in [0.25, 0.3) is 0 Å². The maximum Gasteiger partial charge on any atom is 0.133 e. The molecule has 5 nitrogen and oxygen atoms in total. The third-order valence-electron chi connectivity index (χ3n) is 2.76. The van der Waals surface area contributed by atoms with Crippen molar-refractivity contribution in [2.75, 3.05) is 5.73 Å². The average Bonchev–Trinajstić information content (AvgIpc) is 2.89. The number of rotatable bonds is 5. The van der Waals surface area contributed by atoms with Crippen LogP contribution in [0, 0.1) is 0 Å². The van der Waals surface area contributed by atoms with E-state index in [1.807, 2.05) is 17.1 Å². The topological polar surface area (TPSA) is 61.7 Å². The number of imidazole rings is 2. The third-order valence-corrected chi connectivity index (χ3v) is 2.76. The van der Waals surface area contributed by atoms with Crippen molar-refractivity contribution in [1.82, 2.24) is 19.1 Å². The van der Waals surface area contributed by atoms with E-state index in [0.29, 0.717) is 0 Å². The van der Waals surface area contributed by atoms with E-state index in [1.165, 1.54) is 0 Å². The molecular formula is C12H19N5. The van der Waals surface area contributed by atoms with Crippen molar-refractivity contribution in [3.05, 3.63) is 18.9 Å². The number of aromatic nitrogens is 4. The van der Waals surface area contributed by atoms with E-state index in [2.05, 4.69) is 28.4 Å². The van der Waals surface area contributed by atoms with E-state index in [4.69, 9.17) is 5.73 Å². The normalized spacial score (nSPS) is 10.9. The average molecular weight is 233 g/mol. The maximum absolute atomic E-state index is 6.11. The van der Waals surface area contributed by atoms with Crippen molar-refractivity contribution in [3.63, 3.8) is 0 Å². The molecule has 0 bridgehead atoms. The number of nitrogen functional groups attached to an aromatic ring is 1. The second-order valence-corrected chi connectivity index (χ2v) is 4.14. The van der Waals surface area contributed by atoms with Gasteiger partial charge in [-0.25, -0.2) is 9.97 Å². The van der Waals surface area contributed by atoms with Crippen molar-refractivity contribution in [3.8, 4) is 11.4 Å². The van der Waals surface area contributed by atoms with Crippen LogP contribution in [0.2, 0.25) is 0 Å². The maximum atomic E-state index is 6.11. The van der Waals surface area contributed by atoms with Crippen molar-refractivity contribution in [2.45, 2.75) is 39.8 Å². The summed E-state index contributed by atoms with van der Waals surface area (Å²) >= 11 is 0. The smallest absolute Gasteiger partial charge is 0.133 e. The zero-order chi connectivity index (χ0) is 12.3. The van der Waals surface area contributed by atoms with Gasteiger partial charge in [-0.3, -0.25) is 0 Å². The SMILES string of the molecule is CCCn1cncc1-c1ncn(CCC)c1N. The first kappa shape index (κ1) is 11.7. The molecule has 92 valence electrons. The highest BCUT2D eigenvalue weighted by Crippen LogP contribution is 2.24. The summed E-state index contributed by atoms with van der Waals surface area (Å²) in [5, 5.41) is 0. The molecule has 0 aliphatic rings. The second kappa shape index (κ2) is 5.03. The van der Waals surface area contributed by atoms with Gasteiger partial charge in [-0.05, 0) is 12.8 Å². The molecule has 2 heterocycles. The van der Waals surface area contributed by atoms with Gasteiger partial charge in [0.05, 0.1) is 24.5 Å². The Bertz CT molecular complexity index is 483. The predicted molar refractivity (Wildman–Crippen MR) is 68.4 cm³/mol. The van der Waals surface area contributed by atoms with Crippen molar-refractivity contribution < 1.29 is 0 Å². The van der Waals surface area contributed by atoms with Gasteiger partial charge in [-0.15, -0.1) is 0 Å². The molecule has 0 saturated carbocycles. The molecule has 5 heteroatoms. The molecular weight excluding hydrogens is 214 g/mol. The summed E-state index contributed by atoms with van der Waals surface area (Å²) in [6.07, 6.45) is 7.58. The highest BCUT2D eigenvalue weighted by Gasteiger charge is 2.13. The predicted octanol–water partition coefficient (Wildman–Crippen LogP) is 2.15. The van der Waals surface area contributed by atoms with Crippen LogP contribution >= 0.6 is 0 Å². The van der Waals surface area contributed by atoms with Gasteiger partial charge in [0, 0.05) is 13.1 Å². The zero-order valence-corrected chi connectivity index (χ0v) is 10.4. The summed E-state index contributed by atoms with van der Waals surface area (Å²) in [6, 6.07) is 0. The Morgan fingerprint density at radius 3 is 2.53 bits per heavy atom. The molecule has 0 spiro atoms. The minimum atomic E-state index is 0.727. The monoisotopic (exact) mass is 233 g/mol. The lowest BCUT2D eigenvalue weighted by Gasteiger charge is -2.06. The van der Waals surface area contributed by atoms with Crippen molar-refractivity contribution in [2.24, 2.45) is 0 Å². The van der Waals surface area contributed by atoms with Gasteiger partial charge < -0.3 is 14.9 Å². The lowest BCUT2D eigenvalue weighted by Crippen LogP contribution is -2.03. The van der Waals surface area contributed by atoms with Crippen LogP contribution in [-0.4, -0.2) is 19.1 Å². The molecule has 2 aromatic heterocycles. The lowest BCUT2D eigenvalue weighted by atomic mass is 10.3. The number of hydrogen-bond acceptors (Lipinski definition) is 3. The minimum absolute atomic E-state index is 0.727. The molecule has 0 aliphatic heterocycles. The fraction of sp³-hybridized carbons (Fsp3) is 0.500. The molecule has 0 atom stereocenters. The van der Waals surface area contributed by atoms with E-state index in [-0.39, 0.29) is 0 Å². The number of aryl methyl sites for hydroxylation is 2. The first-order valence-electron chi connectivity index (χ1n) is 6.09. The van der Waals surface area contributed by atoms with Gasteiger partial charge in [0.2, 0.25) is 0 Å². The second-order valence-electron chi connectivity index (χ2n) is 4.14. The molecule has 0 radical (unpaired) electrons. The van der Waals surface area contributed by atoms with Gasteiger partial charge >= 0.3 is 0 Å². The van der Waals surface area contributed by atoms with Crippen LogP contribution in [0.5, 0.6) is 0 Å². The largest absolute Gasteiger partial charge is 0.383 e. The van der Waals surface area contributed by atoms with Gasteiger partial charge in [-0.1, -0.05) is 13.8 Å². The van der Waals surface area contributed by atoms with E-state index >= 15 is 0 Å². The number of anilines is 1. The quantitative estimate of drug-likeness (QED) is 0.860. The van der Waals surface area contributed by atoms with E-state index < -0.39 is 0 Å². The summed E-state index contributed by atoms with van der Waals surface area (Å²) < 4.78 is 4.08. The summed E-state index contributed by atoms with van der Waals surface area (Å²) in [5.41, 5.74) is 7.94. The molecule has 2 aromatic rings. The molecule has 2 rings (SSSR count). The molecule has 0 unspecified atom stereocenters. The van der Waals surface area contributed by atoms with Crippen LogP contribution in [0.3, 0.4) is 0 Å². The van der Waals surface area contributed by atoms with E-state index in [9.17, 15) is 0 Å². The molecule has 2 N–H and O–H groups in total. The van der Waals surface area contributed by atoms with Crippen LogP contribution in [0.25, 0.3) is 11.4 Å². The first-order chi connectivity index (χ1) is 8.27. The molecule has 17 heavy (non-hydrogen) atoms. The van der Waals surface area contributed by atoms with Crippen LogP contribution in [0.15, 0.2) is 18.9 Å². The zero-order valence-electron chi connectivity index (χ0n) is 10.4. The van der Waals surface area contributed by atoms with Crippen molar-refractivity contribution in [1.29, 1.82) is 0 Å². The van der Waals surface area contributed by atoms with Gasteiger partial charge in [-0.2, -0.15) is 0 Å². The Hall–Kier alpha value is -1.78. The summed E-state index contributed by atoms with van der Waals surface area (Å²) in [4.78, 5) is 8.57. The highest BCUT2D eigenvalue weighted by molar-refractivity contribution is 5.67. The Morgan fingerprint density at radius 1 is 1.12 bits per heavy atom. The first-order valence-corrected chi connectivity index (χ1v) is 6.09. The van der Waals surface area contributed by atoms with Gasteiger partial charge in [0.15, 0.2) is 0 Å². The standard InChI is InChI=1S/C12H19N5/c1-3-5-16-8-14-7-10(16)11-12(13)17(6-4-2)9-15-11/h7-9H,3-6,13H2,1-2H3. The molecule has 0 fully saturated rings. The van der Waals surface area contributed by atoms with E-state index in [1.54, 1.807) is 6.33 Å². The lowest BCUT2D eigenvalue weighted by molar-refractivity contribution is 0.681. The third kappa shape index (κ3) is 2.18. The van der Waals surface area contributed by atoms with E-state index in [0.717, 1.165) is 43.1 Å².